The topological polar surface area (TPSA) is 50.4 Å². The Balaban J connectivity index is 1.98. The van der Waals surface area contributed by atoms with Crippen molar-refractivity contribution >= 4 is 5.91 Å². The fourth-order valence-corrected chi connectivity index (χ4v) is 2.28. The van der Waals surface area contributed by atoms with E-state index in [9.17, 15) is 4.79 Å². The second-order valence-corrected chi connectivity index (χ2v) is 6.64. The third-order valence-corrected chi connectivity index (χ3v) is 3.48. The number of hydrogen-bond donors (Lipinski definition) is 2. The summed E-state index contributed by atoms with van der Waals surface area (Å²) < 4.78 is 5.88. The third-order valence-electron chi connectivity index (χ3n) is 3.48. The molecule has 1 heterocycles. The standard InChI is InChI=1S/C17H26N2O2/c1-17(2,3)19-12-13-7-6-8-14(11-13)21-15-9-4-5-10-18-16(15)20/h6-8,11,15,19H,4-5,9-10,12H2,1-3H3,(H,18,20). The van der Waals surface area contributed by atoms with Gasteiger partial charge in [0.25, 0.3) is 5.91 Å². The molecule has 1 aliphatic heterocycles. The van der Waals surface area contributed by atoms with Crippen molar-refractivity contribution in [2.75, 3.05) is 6.54 Å². The van der Waals surface area contributed by atoms with Crippen molar-refractivity contribution in [3.63, 3.8) is 0 Å². The number of carbonyl (C=O) groups is 1. The zero-order valence-electron chi connectivity index (χ0n) is 13.2. The Morgan fingerprint density at radius 1 is 1.33 bits per heavy atom. The summed E-state index contributed by atoms with van der Waals surface area (Å²) in [6, 6.07) is 7.97. The van der Waals surface area contributed by atoms with Gasteiger partial charge in [-0.1, -0.05) is 12.1 Å². The van der Waals surface area contributed by atoms with Crippen LogP contribution in [0, 0.1) is 0 Å². The molecule has 21 heavy (non-hydrogen) atoms. The second kappa shape index (κ2) is 6.94. The summed E-state index contributed by atoms with van der Waals surface area (Å²) in [6.07, 6.45) is 2.48. The highest BCUT2D eigenvalue weighted by atomic mass is 16.5. The lowest BCUT2D eigenvalue weighted by Gasteiger charge is -2.21. The summed E-state index contributed by atoms with van der Waals surface area (Å²) in [7, 11) is 0. The number of benzene rings is 1. The monoisotopic (exact) mass is 290 g/mol. The summed E-state index contributed by atoms with van der Waals surface area (Å²) in [6.45, 7) is 7.97. The van der Waals surface area contributed by atoms with Crippen LogP contribution >= 0.6 is 0 Å². The van der Waals surface area contributed by atoms with Crippen molar-refractivity contribution in [3.05, 3.63) is 29.8 Å². The molecule has 116 valence electrons. The van der Waals surface area contributed by atoms with Crippen LogP contribution in [0.1, 0.15) is 45.6 Å². The van der Waals surface area contributed by atoms with Gasteiger partial charge in [0.15, 0.2) is 6.10 Å². The molecule has 1 fully saturated rings. The lowest BCUT2D eigenvalue weighted by molar-refractivity contribution is -0.127. The van der Waals surface area contributed by atoms with E-state index in [-0.39, 0.29) is 17.6 Å². The molecule has 1 aliphatic rings. The van der Waals surface area contributed by atoms with Crippen LogP contribution in [0.25, 0.3) is 0 Å². The van der Waals surface area contributed by atoms with Gasteiger partial charge in [-0.25, -0.2) is 0 Å². The Morgan fingerprint density at radius 3 is 2.90 bits per heavy atom. The van der Waals surface area contributed by atoms with Gasteiger partial charge in [-0.15, -0.1) is 0 Å². The van der Waals surface area contributed by atoms with Crippen LogP contribution < -0.4 is 15.4 Å². The van der Waals surface area contributed by atoms with Gasteiger partial charge in [-0.2, -0.15) is 0 Å². The first kappa shape index (κ1) is 15.8. The first-order valence-electron chi connectivity index (χ1n) is 7.72. The van der Waals surface area contributed by atoms with Crippen molar-refractivity contribution in [2.45, 2.75) is 58.2 Å². The zero-order chi connectivity index (χ0) is 15.3. The predicted molar refractivity (Wildman–Crippen MR) is 84.3 cm³/mol. The first-order valence-corrected chi connectivity index (χ1v) is 7.72. The molecular weight excluding hydrogens is 264 g/mol. The quantitative estimate of drug-likeness (QED) is 0.896. The molecule has 0 aliphatic carbocycles. The van der Waals surface area contributed by atoms with Crippen molar-refractivity contribution in [3.8, 4) is 5.75 Å². The number of rotatable bonds is 4. The predicted octanol–water partition coefficient (Wildman–Crippen LogP) is 2.62. The minimum absolute atomic E-state index is 0.00530. The maximum Gasteiger partial charge on any atom is 0.261 e. The number of amides is 1. The average molecular weight is 290 g/mol. The Labute approximate surface area is 127 Å². The van der Waals surface area contributed by atoms with Gasteiger partial charge in [-0.3, -0.25) is 4.79 Å². The minimum Gasteiger partial charge on any atom is -0.481 e. The van der Waals surface area contributed by atoms with Crippen LogP contribution in [0.4, 0.5) is 0 Å². The highest BCUT2D eigenvalue weighted by Crippen LogP contribution is 2.18. The van der Waals surface area contributed by atoms with Gasteiger partial charge < -0.3 is 15.4 Å². The van der Waals surface area contributed by atoms with E-state index in [1.165, 1.54) is 0 Å². The minimum atomic E-state index is -0.363. The van der Waals surface area contributed by atoms with E-state index in [2.05, 4.69) is 37.5 Å². The number of nitrogens with one attached hydrogen (secondary N) is 2. The maximum absolute atomic E-state index is 11.9. The Morgan fingerprint density at radius 2 is 2.14 bits per heavy atom. The normalized spacial score (nSPS) is 19.8. The molecule has 0 spiro atoms. The van der Waals surface area contributed by atoms with Crippen LogP contribution in [0.15, 0.2) is 24.3 Å². The van der Waals surface area contributed by atoms with Gasteiger partial charge in [0.05, 0.1) is 0 Å². The molecule has 2 rings (SSSR count). The summed E-state index contributed by atoms with van der Waals surface area (Å²) in [5.41, 5.74) is 1.24. The molecule has 0 radical (unpaired) electrons. The van der Waals surface area contributed by atoms with Gasteiger partial charge in [-0.05, 0) is 57.7 Å². The number of carbonyl (C=O) groups excluding carboxylic acids is 1. The van der Waals surface area contributed by atoms with E-state index >= 15 is 0 Å². The van der Waals surface area contributed by atoms with E-state index in [0.717, 1.165) is 43.7 Å². The highest BCUT2D eigenvalue weighted by Gasteiger charge is 2.22. The lowest BCUT2D eigenvalue weighted by Crippen LogP contribution is -2.36. The van der Waals surface area contributed by atoms with Crippen molar-refractivity contribution in [2.24, 2.45) is 0 Å². The maximum atomic E-state index is 11.9. The molecule has 0 aromatic heterocycles. The van der Waals surface area contributed by atoms with Gasteiger partial charge >= 0.3 is 0 Å². The van der Waals surface area contributed by atoms with Crippen molar-refractivity contribution < 1.29 is 9.53 Å². The van der Waals surface area contributed by atoms with Crippen molar-refractivity contribution in [1.29, 1.82) is 0 Å². The van der Waals surface area contributed by atoms with Crippen LogP contribution in [0.2, 0.25) is 0 Å². The fourth-order valence-electron chi connectivity index (χ4n) is 2.28. The summed E-state index contributed by atoms with van der Waals surface area (Å²) >= 11 is 0. The molecule has 4 heteroatoms. The van der Waals surface area contributed by atoms with Gasteiger partial charge in [0.1, 0.15) is 5.75 Å². The van der Waals surface area contributed by atoms with E-state index in [1.807, 2.05) is 18.2 Å². The van der Waals surface area contributed by atoms with Crippen molar-refractivity contribution in [1.82, 2.24) is 10.6 Å². The molecule has 0 bridgehead atoms. The molecule has 0 saturated carbocycles. The third kappa shape index (κ3) is 5.38. The van der Waals surface area contributed by atoms with E-state index in [1.54, 1.807) is 0 Å². The first-order chi connectivity index (χ1) is 9.94. The Bertz CT molecular complexity index is 480. The molecule has 1 saturated heterocycles. The summed E-state index contributed by atoms with van der Waals surface area (Å²) in [5.74, 6) is 0.774. The van der Waals surface area contributed by atoms with E-state index in [4.69, 9.17) is 4.74 Å². The second-order valence-electron chi connectivity index (χ2n) is 6.64. The summed E-state index contributed by atoms with van der Waals surface area (Å²) in [4.78, 5) is 11.9. The fraction of sp³-hybridized carbons (Fsp3) is 0.588. The Hall–Kier alpha value is -1.55. The molecule has 1 atom stereocenters. The number of hydrogen-bond acceptors (Lipinski definition) is 3. The van der Waals surface area contributed by atoms with Gasteiger partial charge in [0.2, 0.25) is 0 Å². The van der Waals surface area contributed by atoms with Crippen LogP contribution in [-0.2, 0) is 11.3 Å². The van der Waals surface area contributed by atoms with Gasteiger partial charge in [0, 0.05) is 18.6 Å². The number of ether oxygens (including phenoxy) is 1. The molecule has 4 nitrogen and oxygen atoms in total. The summed E-state index contributed by atoms with van der Waals surface area (Å²) in [5, 5.41) is 6.35. The largest absolute Gasteiger partial charge is 0.481 e. The van der Waals surface area contributed by atoms with Crippen LogP contribution in [-0.4, -0.2) is 24.1 Å². The Kier molecular flexibility index (Phi) is 5.23. The molecule has 1 aromatic carbocycles. The lowest BCUT2D eigenvalue weighted by atomic mass is 10.1. The highest BCUT2D eigenvalue weighted by molar-refractivity contribution is 5.81. The molecule has 2 N–H and O–H groups in total. The molecule has 1 unspecified atom stereocenters. The van der Waals surface area contributed by atoms with E-state index < -0.39 is 0 Å². The van der Waals surface area contributed by atoms with E-state index in [0.29, 0.717) is 0 Å². The van der Waals surface area contributed by atoms with Crippen LogP contribution in [0.5, 0.6) is 5.75 Å². The SMILES string of the molecule is CC(C)(C)NCc1cccc(OC2CCCCNC2=O)c1. The smallest absolute Gasteiger partial charge is 0.261 e. The average Bonchev–Trinajstić information content (AvgIpc) is 2.62. The molecule has 1 amide bonds. The molecule has 1 aromatic rings. The van der Waals surface area contributed by atoms with Crippen LogP contribution in [0.3, 0.4) is 0 Å². The zero-order valence-corrected chi connectivity index (χ0v) is 13.2. The molecular formula is C17H26N2O2.